The zero-order valence-corrected chi connectivity index (χ0v) is 13.1. The highest BCUT2D eigenvalue weighted by molar-refractivity contribution is 6.34. The van der Waals surface area contributed by atoms with Crippen molar-refractivity contribution in [2.24, 2.45) is 0 Å². The average Bonchev–Trinajstić information content (AvgIpc) is 2.46. The fraction of sp³-hybridized carbons (Fsp3) is 0.429. The molecule has 3 N–H and O–H groups in total. The van der Waals surface area contributed by atoms with Gasteiger partial charge in [0.15, 0.2) is 6.61 Å². The van der Waals surface area contributed by atoms with E-state index in [0.717, 1.165) is 0 Å². The number of rotatable bonds is 5. The molecular weight excluding hydrogens is 310 g/mol. The molecule has 0 aromatic heterocycles. The number of ether oxygens (including phenoxy) is 2. The number of carbonyl (C=O) groups is 2. The molecule has 1 atom stereocenters. The van der Waals surface area contributed by atoms with Gasteiger partial charge in [-0.1, -0.05) is 11.6 Å². The molecule has 0 radical (unpaired) electrons. The molecule has 22 heavy (non-hydrogen) atoms. The second-order valence-electron chi connectivity index (χ2n) is 4.95. The lowest BCUT2D eigenvalue weighted by molar-refractivity contribution is -0.118. The van der Waals surface area contributed by atoms with Crippen LogP contribution in [0.2, 0.25) is 5.02 Å². The summed E-state index contributed by atoms with van der Waals surface area (Å²) in [7, 11) is 1.61. The summed E-state index contributed by atoms with van der Waals surface area (Å²) in [6, 6.07) is 2.71. The van der Waals surface area contributed by atoms with E-state index in [1.807, 2.05) is 6.92 Å². The Morgan fingerprint density at radius 3 is 3.05 bits per heavy atom. The van der Waals surface area contributed by atoms with Crippen LogP contribution in [0.15, 0.2) is 12.1 Å². The van der Waals surface area contributed by atoms with Crippen molar-refractivity contribution < 1.29 is 19.1 Å². The Hall–Kier alpha value is -1.99. The van der Waals surface area contributed by atoms with Crippen molar-refractivity contribution in [3.63, 3.8) is 0 Å². The molecule has 0 aliphatic carbocycles. The summed E-state index contributed by atoms with van der Waals surface area (Å²) >= 11 is 6.10. The molecule has 1 unspecified atom stereocenters. The number of hydrogen-bond acceptors (Lipinski definition) is 4. The molecule has 0 saturated carbocycles. The number of hydrogen-bond donors (Lipinski definition) is 3. The number of nitrogens with one attached hydrogen (secondary N) is 3. The van der Waals surface area contributed by atoms with E-state index in [1.54, 1.807) is 13.2 Å². The molecule has 120 valence electrons. The van der Waals surface area contributed by atoms with Gasteiger partial charge in [-0.15, -0.1) is 0 Å². The minimum absolute atomic E-state index is 0.0353. The number of benzene rings is 1. The van der Waals surface area contributed by atoms with Crippen molar-refractivity contribution in [2.45, 2.75) is 19.4 Å². The van der Waals surface area contributed by atoms with Crippen LogP contribution in [-0.4, -0.2) is 38.3 Å². The summed E-state index contributed by atoms with van der Waals surface area (Å²) in [5.74, 6) is 0.223. The number of anilines is 2. The van der Waals surface area contributed by atoms with E-state index in [-0.39, 0.29) is 24.6 Å². The van der Waals surface area contributed by atoms with Gasteiger partial charge in [-0.25, -0.2) is 4.79 Å². The third-order valence-electron chi connectivity index (χ3n) is 3.08. The summed E-state index contributed by atoms with van der Waals surface area (Å²) < 4.78 is 10.2. The predicted octanol–water partition coefficient (Wildman–Crippen LogP) is 2.22. The van der Waals surface area contributed by atoms with Gasteiger partial charge in [0.1, 0.15) is 5.75 Å². The molecule has 3 amide bonds. The SMILES string of the molecule is COCCC(C)NC(=O)Nc1cc2c(cc1Cl)NC(=O)CO2. The van der Waals surface area contributed by atoms with E-state index in [0.29, 0.717) is 35.2 Å². The number of fused-ring (bicyclic) bond motifs is 1. The molecule has 1 aliphatic heterocycles. The van der Waals surface area contributed by atoms with E-state index in [1.165, 1.54) is 6.07 Å². The molecule has 1 aliphatic rings. The number of halogens is 1. The van der Waals surface area contributed by atoms with Crippen LogP contribution in [0.3, 0.4) is 0 Å². The van der Waals surface area contributed by atoms with Gasteiger partial charge < -0.3 is 25.4 Å². The number of carbonyl (C=O) groups excluding carboxylic acids is 2. The van der Waals surface area contributed by atoms with Crippen LogP contribution < -0.4 is 20.7 Å². The lowest BCUT2D eigenvalue weighted by atomic mass is 10.2. The Morgan fingerprint density at radius 1 is 1.55 bits per heavy atom. The zero-order valence-electron chi connectivity index (χ0n) is 12.4. The van der Waals surface area contributed by atoms with Gasteiger partial charge >= 0.3 is 6.03 Å². The first kappa shape index (κ1) is 16.4. The van der Waals surface area contributed by atoms with Gasteiger partial charge in [0.25, 0.3) is 5.91 Å². The maximum atomic E-state index is 11.9. The highest BCUT2D eigenvalue weighted by Crippen LogP contribution is 2.36. The Labute approximate surface area is 133 Å². The van der Waals surface area contributed by atoms with Gasteiger partial charge in [-0.05, 0) is 19.4 Å². The Kier molecular flexibility index (Phi) is 5.46. The second kappa shape index (κ2) is 7.33. The molecule has 1 aromatic carbocycles. The first-order valence-electron chi connectivity index (χ1n) is 6.82. The Bertz CT molecular complexity index is 579. The molecule has 8 heteroatoms. The highest BCUT2D eigenvalue weighted by atomic mass is 35.5. The second-order valence-corrected chi connectivity index (χ2v) is 5.35. The molecule has 0 spiro atoms. The van der Waals surface area contributed by atoms with Gasteiger partial charge in [0, 0.05) is 25.8 Å². The topological polar surface area (TPSA) is 88.7 Å². The van der Waals surface area contributed by atoms with E-state index < -0.39 is 0 Å². The fourth-order valence-electron chi connectivity index (χ4n) is 1.94. The summed E-state index contributed by atoms with van der Waals surface area (Å²) in [6.45, 7) is 2.38. The molecule has 0 saturated heterocycles. The first-order valence-corrected chi connectivity index (χ1v) is 7.20. The van der Waals surface area contributed by atoms with Gasteiger partial charge in [-0.3, -0.25) is 4.79 Å². The monoisotopic (exact) mass is 327 g/mol. The van der Waals surface area contributed by atoms with Crippen molar-refractivity contribution in [1.82, 2.24) is 5.32 Å². The predicted molar refractivity (Wildman–Crippen MR) is 83.7 cm³/mol. The number of amides is 3. The Balaban J connectivity index is 2.01. The minimum atomic E-state index is -0.370. The molecule has 1 aromatic rings. The fourth-order valence-corrected chi connectivity index (χ4v) is 2.16. The third-order valence-corrected chi connectivity index (χ3v) is 3.40. The normalized spacial score (nSPS) is 14.4. The first-order chi connectivity index (χ1) is 10.5. The van der Waals surface area contributed by atoms with Crippen LogP contribution in [0, 0.1) is 0 Å². The van der Waals surface area contributed by atoms with Crippen LogP contribution in [-0.2, 0) is 9.53 Å². The van der Waals surface area contributed by atoms with Crippen molar-refractivity contribution in [2.75, 3.05) is 31.0 Å². The molecule has 0 fully saturated rings. The van der Waals surface area contributed by atoms with Crippen LogP contribution >= 0.6 is 11.6 Å². The third kappa shape index (κ3) is 4.25. The van der Waals surface area contributed by atoms with Crippen molar-refractivity contribution in [3.8, 4) is 5.75 Å². The minimum Gasteiger partial charge on any atom is -0.482 e. The van der Waals surface area contributed by atoms with Gasteiger partial charge in [0.05, 0.1) is 16.4 Å². The van der Waals surface area contributed by atoms with Crippen molar-refractivity contribution >= 4 is 34.9 Å². The van der Waals surface area contributed by atoms with E-state index in [9.17, 15) is 9.59 Å². The molecular formula is C14H18ClN3O4. The molecule has 2 rings (SSSR count). The van der Waals surface area contributed by atoms with Crippen LogP contribution in [0.25, 0.3) is 0 Å². The van der Waals surface area contributed by atoms with Crippen LogP contribution in [0.4, 0.5) is 16.2 Å². The van der Waals surface area contributed by atoms with E-state index in [4.69, 9.17) is 21.1 Å². The lowest BCUT2D eigenvalue weighted by Crippen LogP contribution is -2.36. The standard InChI is InChI=1S/C14H18ClN3O4/c1-8(3-4-21-2)16-14(20)18-10-6-12-11(5-9(10)15)17-13(19)7-22-12/h5-6,8H,3-4,7H2,1-2H3,(H,17,19)(H2,16,18,20). The van der Waals surface area contributed by atoms with E-state index in [2.05, 4.69) is 16.0 Å². The average molecular weight is 328 g/mol. The molecule has 1 heterocycles. The van der Waals surface area contributed by atoms with Gasteiger partial charge in [0.2, 0.25) is 0 Å². The maximum Gasteiger partial charge on any atom is 0.319 e. The van der Waals surface area contributed by atoms with Crippen LogP contribution in [0.5, 0.6) is 5.75 Å². The molecule has 7 nitrogen and oxygen atoms in total. The summed E-state index contributed by atoms with van der Waals surface area (Å²) in [5, 5.41) is 8.40. The lowest BCUT2D eigenvalue weighted by Gasteiger charge is -2.20. The van der Waals surface area contributed by atoms with Crippen molar-refractivity contribution in [1.29, 1.82) is 0 Å². The summed E-state index contributed by atoms with van der Waals surface area (Å²) in [4.78, 5) is 23.2. The largest absolute Gasteiger partial charge is 0.482 e. The maximum absolute atomic E-state index is 11.9. The zero-order chi connectivity index (χ0) is 16.1. The van der Waals surface area contributed by atoms with Gasteiger partial charge in [-0.2, -0.15) is 0 Å². The Morgan fingerprint density at radius 2 is 2.32 bits per heavy atom. The van der Waals surface area contributed by atoms with Crippen molar-refractivity contribution in [3.05, 3.63) is 17.2 Å². The summed E-state index contributed by atoms with van der Waals surface area (Å²) in [6.07, 6.45) is 0.705. The highest BCUT2D eigenvalue weighted by Gasteiger charge is 2.19. The smallest absolute Gasteiger partial charge is 0.319 e. The van der Waals surface area contributed by atoms with Crippen LogP contribution in [0.1, 0.15) is 13.3 Å². The molecule has 0 bridgehead atoms. The number of methoxy groups -OCH3 is 1. The van der Waals surface area contributed by atoms with E-state index >= 15 is 0 Å². The summed E-state index contributed by atoms with van der Waals surface area (Å²) in [5.41, 5.74) is 0.897. The number of urea groups is 1. The quantitative estimate of drug-likeness (QED) is 0.773.